The number of aromatic carboxylic acids is 1. The smallest absolute Gasteiger partial charge is 0.337 e. The van der Waals surface area contributed by atoms with E-state index < -0.39 is 5.97 Å². The van der Waals surface area contributed by atoms with Crippen LogP contribution in [0.4, 0.5) is 5.82 Å². The van der Waals surface area contributed by atoms with E-state index in [1.54, 1.807) is 12.1 Å². The Morgan fingerprint density at radius 1 is 1.21 bits per heavy atom. The summed E-state index contributed by atoms with van der Waals surface area (Å²) in [7, 11) is 0. The van der Waals surface area contributed by atoms with Gasteiger partial charge in [0.2, 0.25) is 0 Å². The molecule has 2 N–H and O–H groups in total. The first-order chi connectivity index (χ1) is 11.6. The number of benzene rings is 1. The number of aliphatic hydroxyl groups is 1. The van der Waals surface area contributed by atoms with Gasteiger partial charge in [-0.25, -0.2) is 9.78 Å². The van der Waals surface area contributed by atoms with Gasteiger partial charge in [-0.05, 0) is 37.0 Å². The molecule has 2 aromatic rings. The lowest BCUT2D eigenvalue weighted by Crippen LogP contribution is -2.47. The summed E-state index contributed by atoms with van der Waals surface area (Å²) >= 11 is 0. The van der Waals surface area contributed by atoms with Crippen LogP contribution < -0.4 is 4.90 Å². The zero-order chi connectivity index (χ0) is 17.0. The molecule has 1 fully saturated rings. The molecule has 126 valence electrons. The predicted octanol–water partition coefficient (Wildman–Crippen LogP) is 2.60. The van der Waals surface area contributed by atoms with Crippen LogP contribution in [0.15, 0.2) is 48.7 Å². The third-order valence-electron chi connectivity index (χ3n) is 4.74. The Morgan fingerprint density at radius 3 is 2.62 bits per heavy atom. The van der Waals surface area contributed by atoms with Crippen molar-refractivity contribution in [2.75, 3.05) is 24.6 Å². The number of carbonyl (C=O) groups is 1. The summed E-state index contributed by atoms with van der Waals surface area (Å²) in [6.45, 7) is 1.72. The van der Waals surface area contributed by atoms with Crippen molar-refractivity contribution in [3.63, 3.8) is 0 Å². The van der Waals surface area contributed by atoms with Crippen LogP contribution >= 0.6 is 0 Å². The minimum atomic E-state index is -0.971. The van der Waals surface area contributed by atoms with Gasteiger partial charge in [-0.1, -0.05) is 30.3 Å². The maximum absolute atomic E-state index is 11.0. The van der Waals surface area contributed by atoms with E-state index in [4.69, 9.17) is 5.11 Å². The van der Waals surface area contributed by atoms with Crippen molar-refractivity contribution >= 4 is 11.8 Å². The molecule has 1 atom stereocenters. The molecule has 5 heteroatoms. The van der Waals surface area contributed by atoms with Gasteiger partial charge < -0.3 is 15.1 Å². The van der Waals surface area contributed by atoms with Gasteiger partial charge in [-0.15, -0.1) is 0 Å². The molecule has 1 aromatic heterocycles. The number of aliphatic hydroxyl groups excluding tert-OH is 1. The van der Waals surface area contributed by atoms with Gasteiger partial charge in [0.1, 0.15) is 5.82 Å². The number of piperidine rings is 1. The maximum atomic E-state index is 11.0. The summed E-state index contributed by atoms with van der Waals surface area (Å²) in [6, 6.07) is 13.6. The first-order valence-corrected chi connectivity index (χ1v) is 8.21. The molecule has 1 aliphatic rings. The van der Waals surface area contributed by atoms with E-state index >= 15 is 0 Å². The number of anilines is 1. The van der Waals surface area contributed by atoms with Crippen LogP contribution in [-0.4, -0.2) is 40.9 Å². The maximum Gasteiger partial charge on any atom is 0.337 e. The van der Waals surface area contributed by atoms with Gasteiger partial charge in [0.05, 0.1) is 12.2 Å². The highest BCUT2D eigenvalue weighted by atomic mass is 16.4. The number of pyridine rings is 1. The largest absolute Gasteiger partial charge is 0.478 e. The minimum absolute atomic E-state index is 0.131. The molecule has 0 amide bonds. The molecule has 0 saturated carbocycles. The molecule has 1 aliphatic heterocycles. The Bertz CT molecular complexity index is 688. The monoisotopic (exact) mass is 326 g/mol. The molecule has 0 aliphatic carbocycles. The number of carboxylic acid groups (broad SMARTS) is 1. The third-order valence-corrected chi connectivity index (χ3v) is 4.74. The average Bonchev–Trinajstić information content (AvgIpc) is 2.63. The standard InChI is InChI=1S/C19H22N2O3/c22-14-19(11-15-5-2-1-3-6-15)9-4-10-21(13-19)17-8-7-16(12-20-17)18(23)24/h1-3,5-8,12,22H,4,9-11,13-14H2,(H,23,24). The van der Waals surface area contributed by atoms with Gasteiger partial charge >= 0.3 is 5.97 Å². The lowest BCUT2D eigenvalue weighted by Gasteiger charge is -2.42. The van der Waals surface area contributed by atoms with Gasteiger partial charge in [0, 0.05) is 24.7 Å². The SMILES string of the molecule is O=C(O)c1ccc(N2CCCC(CO)(Cc3ccccc3)C2)nc1. The lowest BCUT2D eigenvalue weighted by atomic mass is 9.75. The molecule has 1 saturated heterocycles. The van der Waals surface area contributed by atoms with E-state index in [-0.39, 0.29) is 17.6 Å². The topological polar surface area (TPSA) is 73.7 Å². The fourth-order valence-corrected chi connectivity index (χ4v) is 3.46. The summed E-state index contributed by atoms with van der Waals surface area (Å²) in [5.41, 5.74) is 1.23. The van der Waals surface area contributed by atoms with Crippen LogP contribution in [0.2, 0.25) is 0 Å². The summed E-state index contributed by atoms with van der Waals surface area (Å²) in [5.74, 6) is -0.202. The average molecular weight is 326 g/mol. The van der Waals surface area contributed by atoms with Gasteiger partial charge in [-0.2, -0.15) is 0 Å². The predicted molar refractivity (Wildman–Crippen MR) is 92.3 cm³/mol. The number of nitrogens with zero attached hydrogens (tertiary/aromatic N) is 2. The Hall–Kier alpha value is -2.40. The fourth-order valence-electron chi connectivity index (χ4n) is 3.46. The Kier molecular flexibility index (Phi) is 4.81. The Balaban J connectivity index is 1.77. The first kappa shape index (κ1) is 16.5. The minimum Gasteiger partial charge on any atom is -0.478 e. The van der Waals surface area contributed by atoms with Crippen LogP contribution in [0.3, 0.4) is 0 Å². The van der Waals surface area contributed by atoms with E-state index in [1.165, 1.54) is 11.8 Å². The zero-order valence-electron chi connectivity index (χ0n) is 13.6. The molecule has 1 unspecified atom stereocenters. The summed E-state index contributed by atoms with van der Waals surface area (Å²) < 4.78 is 0. The molecular weight excluding hydrogens is 304 g/mol. The van der Waals surface area contributed by atoms with E-state index in [0.717, 1.165) is 38.2 Å². The number of carboxylic acids is 1. The van der Waals surface area contributed by atoms with Crippen LogP contribution in [-0.2, 0) is 6.42 Å². The van der Waals surface area contributed by atoms with Crippen LogP contribution in [0.5, 0.6) is 0 Å². The second-order valence-corrected chi connectivity index (χ2v) is 6.56. The van der Waals surface area contributed by atoms with Crippen molar-refractivity contribution in [2.24, 2.45) is 5.41 Å². The van der Waals surface area contributed by atoms with Crippen molar-refractivity contribution < 1.29 is 15.0 Å². The second kappa shape index (κ2) is 7.01. The molecule has 5 nitrogen and oxygen atoms in total. The molecule has 24 heavy (non-hydrogen) atoms. The van der Waals surface area contributed by atoms with Crippen LogP contribution in [0.1, 0.15) is 28.8 Å². The van der Waals surface area contributed by atoms with E-state index in [1.807, 2.05) is 18.2 Å². The summed E-state index contributed by atoms with van der Waals surface area (Å²) in [6.07, 6.45) is 4.18. The molecule has 2 heterocycles. The number of hydrogen-bond donors (Lipinski definition) is 2. The van der Waals surface area contributed by atoms with Crippen molar-refractivity contribution in [2.45, 2.75) is 19.3 Å². The molecule has 3 rings (SSSR count). The first-order valence-electron chi connectivity index (χ1n) is 8.21. The Morgan fingerprint density at radius 2 is 2.00 bits per heavy atom. The third kappa shape index (κ3) is 3.57. The van der Waals surface area contributed by atoms with Gasteiger partial charge in [-0.3, -0.25) is 0 Å². The molecule has 0 bridgehead atoms. The van der Waals surface area contributed by atoms with Crippen molar-refractivity contribution in [3.8, 4) is 0 Å². The Labute approximate surface area is 141 Å². The summed E-state index contributed by atoms with van der Waals surface area (Å²) in [4.78, 5) is 17.4. The van der Waals surface area contributed by atoms with Crippen LogP contribution in [0.25, 0.3) is 0 Å². The molecule has 1 aromatic carbocycles. The fraction of sp³-hybridized carbons (Fsp3) is 0.368. The van der Waals surface area contributed by atoms with Crippen LogP contribution in [0, 0.1) is 5.41 Å². The highest BCUT2D eigenvalue weighted by Gasteiger charge is 2.35. The second-order valence-electron chi connectivity index (χ2n) is 6.56. The van der Waals surface area contributed by atoms with E-state index in [9.17, 15) is 9.90 Å². The summed E-state index contributed by atoms with van der Waals surface area (Å²) in [5, 5.41) is 19.0. The van der Waals surface area contributed by atoms with Gasteiger partial charge in [0.15, 0.2) is 0 Å². The zero-order valence-corrected chi connectivity index (χ0v) is 13.6. The van der Waals surface area contributed by atoms with E-state index in [2.05, 4.69) is 22.0 Å². The quantitative estimate of drug-likeness (QED) is 0.883. The van der Waals surface area contributed by atoms with Crippen molar-refractivity contribution in [3.05, 3.63) is 59.8 Å². The number of aromatic nitrogens is 1. The lowest BCUT2D eigenvalue weighted by molar-refractivity contribution is 0.0696. The van der Waals surface area contributed by atoms with E-state index in [0.29, 0.717) is 0 Å². The highest BCUT2D eigenvalue weighted by molar-refractivity contribution is 5.87. The normalized spacial score (nSPS) is 20.8. The van der Waals surface area contributed by atoms with Gasteiger partial charge in [0.25, 0.3) is 0 Å². The molecule has 0 spiro atoms. The number of rotatable bonds is 5. The van der Waals surface area contributed by atoms with Crippen molar-refractivity contribution in [1.29, 1.82) is 0 Å². The number of hydrogen-bond acceptors (Lipinski definition) is 4. The highest BCUT2D eigenvalue weighted by Crippen LogP contribution is 2.35. The van der Waals surface area contributed by atoms with Crippen molar-refractivity contribution in [1.82, 2.24) is 4.98 Å². The molecule has 0 radical (unpaired) electrons. The molecular formula is C19H22N2O3.